The Morgan fingerprint density at radius 2 is 2.10 bits per heavy atom. The van der Waals surface area contributed by atoms with Crippen LogP contribution in [0.3, 0.4) is 0 Å². The van der Waals surface area contributed by atoms with Crippen LogP contribution in [0.2, 0.25) is 0 Å². The number of alkyl halides is 1. The lowest BCUT2D eigenvalue weighted by Gasteiger charge is -2.44. The molecule has 0 unspecified atom stereocenters. The predicted molar refractivity (Wildman–Crippen MR) is 85.1 cm³/mol. The van der Waals surface area contributed by atoms with E-state index in [2.05, 4.69) is 27.8 Å². The van der Waals surface area contributed by atoms with E-state index >= 15 is 0 Å². The maximum absolute atomic E-state index is 12.0. The summed E-state index contributed by atoms with van der Waals surface area (Å²) in [5.74, 6) is 0.491. The van der Waals surface area contributed by atoms with Gasteiger partial charge in [-0.3, -0.25) is 9.69 Å². The lowest BCUT2D eigenvalue weighted by atomic mass is 9.84. The fraction of sp³-hybridized carbons (Fsp3) is 0.938. The molecule has 0 aromatic carbocycles. The van der Waals surface area contributed by atoms with Gasteiger partial charge in [-0.05, 0) is 45.2 Å². The van der Waals surface area contributed by atoms with Crippen molar-refractivity contribution in [1.29, 1.82) is 0 Å². The third kappa shape index (κ3) is 4.45. The average Bonchev–Trinajstić information content (AvgIpc) is 2.50. The Labute approximate surface area is 131 Å². The number of nitrogens with zero attached hydrogens (tertiary/aromatic N) is 1. The van der Waals surface area contributed by atoms with Gasteiger partial charge in [-0.1, -0.05) is 42.1 Å². The van der Waals surface area contributed by atoms with Crippen molar-refractivity contribution >= 4 is 21.9 Å². The summed E-state index contributed by atoms with van der Waals surface area (Å²) in [5, 5.41) is 0. The monoisotopic (exact) mass is 345 g/mol. The summed E-state index contributed by atoms with van der Waals surface area (Å²) in [5.41, 5.74) is 0. The van der Waals surface area contributed by atoms with Crippen molar-refractivity contribution in [2.24, 2.45) is 5.92 Å². The maximum Gasteiger partial charge on any atom is 0.319 e. The summed E-state index contributed by atoms with van der Waals surface area (Å²) in [6, 6.07) is 0.662. The van der Waals surface area contributed by atoms with Crippen LogP contribution in [-0.4, -0.2) is 41.4 Å². The molecule has 2 heterocycles. The molecule has 116 valence electrons. The summed E-state index contributed by atoms with van der Waals surface area (Å²) in [4.78, 5) is 14.5. The fourth-order valence-electron chi connectivity index (χ4n) is 3.55. The number of ether oxygens (including phenoxy) is 1. The van der Waals surface area contributed by atoms with Gasteiger partial charge in [-0.25, -0.2) is 0 Å². The molecule has 2 aliphatic heterocycles. The molecular formula is C16H28BrNO2. The van der Waals surface area contributed by atoms with Crippen LogP contribution in [0.15, 0.2) is 0 Å². The SMILES string of the molecule is CCCC[C@H](Br)C(=O)OC[C@@H]1CCCN2CCCC[C@H]12. The fourth-order valence-corrected chi connectivity index (χ4v) is 4.01. The van der Waals surface area contributed by atoms with Crippen LogP contribution in [0.4, 0.5) is 0 Å². The van der Waals surface area contributed by atoms with Gasteiger partial charge in [-0.2, -0.15) is 0 Å². The third-order valence-electron chi connectivity index (χ3n) is 4.74. The molecule has 20 heavy (non-hydrogen) atoms. The van der Waals surface area contributed by atoms with Crippen LogP contribution in [-0.2, 0) is 9.53 Å². The Morgan fingerprint density at radius 3 is 2.90 bits per heavy atom. The highest BCUT2D eigenvalue weighted by molar-refractivity contribution is 9.10. The summed E-state index contributed by atoms with van der Waals surface area (Å²) in [6.45, 7) is 5.25. The Hall–Kier alpha value is -0.0900. The maximum atomic E-state index is 12.0. The molecule has 0 spiro atoms. The Morgan fingerprint density at radius 1 is 1.30 bits per heavy atom. The first kappa shape index (κ1) is 16.3. The summed E-state index contributed by atoms with van der Waals surface area (Å²) in [6.07, 6.45) is 9.51. The minimum atomic E-state index is -0.117. The first-order valence-corrected chi connectivity index (χ1v) is 9.18. The second kappa shape index (κ2) is 8.38. The van der Waals surface area contributed by atoms with Crippen molar-refractivity contribution in [1.82, 2.24) is 4.90 Å². The summed E-state index contributed by atoms with van der Waals surface area (Å²) >= 11 is 3.45. The zero-order chi connectivity index (χ0) is 14.4. The summed E-state index contributed by atoms with van der Waals surface area (Å²) in [7, 11) is 0. The van der Waals surface area contributed by atoms with Crippen LogP contribution in [0.1, 0.15) is 58.3 Å². The molecule has 0 N–H and O–H groups in total. The van der Waals surface area contributed by atoms with E-state index in [0.717, 1.165) is 19.3 Å². The number of carbonyl (C=O) groups is 1. The third-order valence-corrected chi connectivity index (χ3v) is 5.57. The van der Waals surface area contributed by atoms with Crippen molar-refractivity contribution < 1.29 is 9.53 Å². The minimum Gasteiger partial charge on any atom is -0.464 e. The number of rotatable bonds is 6. The van der Waals surface area contributed by atoms with Gasteiger partial charge < -0.3 is 4.74 Å². The first-order valence-electron chi connectivity index (χ1n) is 8.27. The normalized spacial score (nSPS) is 28.7. The highest BCUT2D eigenvalue weighted by Crippen LogP contribution is 2.31. The van der Waals surface area contributed by atoms with E-state index in [4.69, 9.17) is 4.74 Å². The Kier molecular flexibility index (Phi) is 6.82. The first-order chi connectivity index (χ1) is 9.72. The molecule has 0 aliphatic carbocycles. The van der Waals surface area contributed by atoms with E-state index in [0.29, 0.717) is 18.6 Å². The van der Waals surface area contributed by atoms with E-state index in [1.165, 1.54) is 45.2 Å². The van der Waals surface area contributed by atoms with Gasteiger partial charge >= 0.3 is 5.97 Å². The van der Waals surface area contributed by atoms with Crippen molar-refractivity contribution in [2.45, 2.75) is 69.2 Å². The molecule has 2 rings (SSSR count). The molecule has 3 atom stereocenters. The van der Waals surface area contributed by atoms with E-state index in [-0.39, 0.29) is 10.8 Å². The van der Waals surface area contributed by atoms with E-state index in [1.54, 1.807) is 0 Å². The highest BCUT2D eigenvalue weighted by atomic mass is 79.9. The molecule has 0 amide bonds. The number of halogens is 1. The molecule has 2 aliphatic rings. The molecule has 0 aromatic heterocycles. The van der Waals surface area contributed by atoms with Gasteiger partial charge in [0.15, 0.2) is 0 Å². The molecule has 4 heteroatoms. The van der Waals surface area contributed by atoms with Crippen LogP contribution in [0, 0.1) is 5.92 Å². The number of esters is 1. The molecular weight excluding hydrogens is 318 g/mol. The molecule has 0 saturated carbocycles. The molecule has 2 saturated heterocycles. The largest absolute Gasteiger partial charge is 0.464 e. The number of carbonyl (C=O) groups excluding carboxylic acids is 1. The smallest absolute Gasteiger partial charge is 0.319 e. The van der Waals surface area contributed by atoms with Gasteiger partial charge in [0, 0.05) is 12.0 Å². The number of piperidine rings is 2. The van der Waals surface area contributed by atoms with Gasteiger partial charge in [0.1, 0.15) is 4.83 Å². The molecule has 0 bridgehead atoms. The number of hydrogen-bond donors (Lipinski definition) is 0. The van der Waals surface area contributed by atoms with Crippen molar-refractivity contribution in [3.8, 4) is 0 Å². The van der Waals surface area contributed by atoms with E-state index < -0.39 is 0 Å². The Bertz CT molecular complexity index is 309. The van der Waals surface area contributed by atoms with Gasteiger partial charge in [-0.15, -0.1) is 0 Å². The molecule has 0 radical (unpaired) electrons. The standard InChI is InChI=1S/C16H28BrNO2/c1-2-3-8-14(17)16(19)20-12-13-7-6-11-18-10-5-4-9-15(13)18/h13-15H,2-12H2,1H3/t13-,14-,15+/m0/s1. The van der Waals surface area contributed by atoms with Crippen molar-refractivity contribution in [3.05, 3.63) is 0 Å². The van der Waals surface area contributed by atoms with E-state index in [1.807, 2.05) is 0 Å². The average molecular weight is 346 g/mol. The number of hydrogen-bond acceptors (Lipinski definition) is 3. The Balaban J connectivity index is 1.76. The number of fused-ring (bicyclic) bond motifs is 1. The molecule has 0 aromatic rings. The van der Waals surface area contributed by atoms with Gasteiger partial charge in [0.25, 0.3) is 0 Å². The van der Waals surface area contributed by atoms with Crippen LogP contribution in [0.25, 0.3) is 0 Å². The zero-order valence-electron chi connectivity index (χ0n) is 12.7. The summed E-state index contributed by atoms with van der Waals surface area (Å²) < 4.78 is 5.58. The van der Waals surface area contributed by atoms with Crippen LogP contribution >= 0.6 is 15.9 Å². The number of unbranched alkanes of at least 4 members (excludes halogenated alkanes) is 1. The van der Waals surface area contributed by atoms with Crippen LogP contribution in [0.5, 0.6) is 0 Å². The lowest BCUT2D eigenvalue weighted by molar-refractivity contribution is -0.146. The van der Waals surface area contributed by atoms with Gasteiger partial charge in [0.05, 0.1) is 6.61 Å². The van der Waals surface area contributed by atoms with Gasteiger partial charge in [0.2, 0.25) is 0 Å². The quantitative estimate of drug-likeness (QED) is 0.542. The van der Waals surface area contributed by atoms with Crippen molar-refractivity contribution in [3.63, 3.8) is 0 Å². The zero-order valence-corrected chi connectivity index (χ0v) is 14.2. The minimum absolute atomic E-state index is 0.0635. The highest BCUT2D eigenvalue weighted by Gasteiger charge is 2.33. The topological polar surface area (TPSA) is 29.5 Å². The second-order valence-corrected chi connectivity index (χ2v) is 7.35. The molecule has 3 nitrogen and oxygen atoms in total. The van der Waals surface area contributed by atoms with Crippen LogP contribution < -0.4 is 0 Å². The predicted octanol–water partition coefficient (Wildman–Crippen LogP) is 3.75. The molecule has 2 fully saturated rings. The lowest BCUT2D eigenvalue weighted by Crippen LogP contribution is -2.49. The van der Waals surface area contributed by atoms with E-state index in [9.17, 15) is 4.79 Å². The second-order valence-electron chi connectivity index (χ2n) is 6.24. The van der Waals surface area contributed by atoms with Crippen molar-refractivity contribution in [2.75, 3.05) is 19.7 Å².